The molecule has 0 bridgehead atoms. The van der Waals surface area contributed by atoms with Crippen molar-refractivity contribution >= 4 is 11.6 Å². The van der Waals surface area contributed by atoms with Gasteiger partial charge in [0.15, 0.2) is 11.5 Å². The Kier molecular flexibility index (Phi) is 6.14. The maximum Gasteiger partial charge on any atom is 0.238 e. The van der Waals surface area contributed by atoms with E-state index in [-0.39, 0.29) is 12.5 Å². The molecule has 1 amide bonds. The maximum absolute atomic E-state index is 12.1. The molecule has 0 spiro atoms. The number of carbonyl (C=O) groups is 1. The fraction of sp³-hybridized carbons (Fsp3) is 0.333. The number of hydrogen-bond acceptors (Lipinski definition) is 5. The van der Waals surface area contributed by atoms with Gasteiger partial charge in [-0.2, -0.15) is 0 Å². The Morgan fingerprint density at radius 3 is 2.42 bits per heavy atom. The summed E-state index contributed by atoms with van der Waals surface area (Å²) in [6.45, 7) is 2.94. The monoisotopic (exact) mass is 329 g/mol. The fourth-order valence-corrected chi connectivity index (χ4v) is 2.42. The average Bonchev–Trinajstić information content (AvgIpc) is 2.56. The van der Waals surface area contributed by atoms with Crippen LogP contribution in [0.1, 0.15) is 11.1 Å². The summed E-state index contributed by atoms with van der Waals surface area (Å²) >= 11 is 0. The number of amides is 1. The van der Waals surface area contributed by atoms with Crippen molar-refractivity contribution in [1.82, 2.24) is 9.88 Å². The average molecular weight is 329 g/mol. The van der Waals surface area contributed by atoms with Crippen molar-refractivity contribution in [3.63, 3.8) is 0 Å². The number of ether oxygens (including phenoxy) is 2. The summed E-state index contributed by atoms with van der Waals surface area (Å²) in [6, 6.07) is 7.41. The Bertz CT molecular complexity index is 689. The molecule has 0 atom stereocenters. The van der Waals surface area contributed by atoms with Gasteiger partial charge in [-0.05, 0) is 49.4 Å². The van der Waals surface area contributed by atoms with Crippen LogP contribution in [0, 0.1) is 6.92 Å². The first-order chi connectivity index (χ1) is 11.5. The van der Waals surface area contributed by atoms with E-state index in [0.717, 1.165) is 16.8 Å². The molecule has 0 fully saturated rings. The van der Waals surface area contributed by atoms with Crippen LogP contribution >= 0.6 is 0 Å². The third-order valence-electron chi connectivity index (χ3n) is 3.66. The lowest BCUT2D eigenvalue weighted by molar-refractivity contribution is -0.117. The third kappa shape index (κ3) is 4.70. The number of aryl methyl sites for hydroxylation is 1. The Morgan fingerprint density at radius 2 is 1.79 bits per heavy atom. The smallest absolute Gasteiger partial charge is 0.238 e. The number of likely N-dealkylation sites (N-methyl/N-ethyl adjacent to an activating group) is 1. The van der Waals surface area contributed by atoms with Crippen LogP contribution in [-0.2, 0) is 11.3 Å². The van der Waals surface area contributed by atoms with E-state index in [1.54, 1.807) is 38.7 Å². The summed E-state index contributed by atoms with van der Waals surface area (Å²) in [5.74, 6) is 1.33. The van der Waals surface area contributed by atoms with Crippen LogP contribution in [0.25, 0.3) is 0 Å². The largest absolute Gasteiger partial charge is 0.493 e. The summed E-state index contributed by atoms with van der Waals surface area (Å²) in [5.41, 5.74) is 2.92. The van der Waals surface area contributed by atoms with E-state index in [9.17, 15) is 4.79 Å². The molecule has 24 heavy (non-hydrogen) atoms. The minimum Gasteiger partial charge on any atom is -0.493 e. The van der Waals surface area contributed by atoms with E-state index in [4.69, 9.17) is 9.47 Å². The van der Waals surface area contributed by atoms with Crippen LogP contribution in [0.15, 0.2) is 36.7 Å². The van der Waals surface area contributed by atoms with Gasteiger partial charge in [0, 0.05) is 24.6 Å². The molecule has 1 aromatic heterocycles. The van der Waals surface area contributed by atoms with E-state index in [1.807, 2.05) is 31.0 Å². The molecule has 1 aromatic carbocycles. The summed E-state index contributed by atoms with van der Waals surface area (Å²) in [5, 5.41) is 2.85. The Morgan fingerprint density at radius 1 is 1.17 bits per heavy atom. The topological polar surface area (TPSA) is 63.7 Å². The van der Waals surface area contributed by atoms with Crippen molar-refractivity contribution in [2.24, 2.45) is 0 Å². The summed E-state index contributed by atoms with van der Waals surface area (Å²) < 4.78 is 10.6. The summed E-state index contributed by atoms with van der Waals surface area (Å²) in [6.07, 6.45) is 3.29. The first-order valence-corrected chi connectivity index (χ1v) is 7.63. The highest BCUT2D eigenvalue weighted by atomic mass is 16.5. The Balaban J connectivity index is 1.99. The van der Waals surface area contributed by atoms with Gasteiger partial charge in [0.05, 0.1) is 20.8 Å². The maximum atomic E-state index is 12.1. The SMILES string of the molecule is COc1cc(C)c(CN(C)CC(=O)Nc2ccncc2)cc1OC. The number of carbonyl (C=O) groups excluding carboxylic acids is 1. The highest BCUT2D eigenvalue weighted by Gasteiger charge is 2.12. The normalized spacial score (nSPS) is 10.5. The van der Waals surface area contributed by atoms with Crippen molar-refractivity contribution in [1.29, 1.82) is 0 Å². The minimum absolute atomic E-state index is 0.0678. The molecular formula is C18H23N3O3. The third-order valence-corrected chi connectivity index (χ3v) is 3.66. The molecule has 128 valence electrons. The van der Waals surface area contributed by atoms with Gasteiger partial charge in [-0.1, -0.05) is 0 Å². The quantitative estimate of drug-likeness (QED) is 0.845. The van der Waals surface area contributed by atoms with Crippen LogP contribution in [0.3, 0.4) is 0 Å². The van der Waals surface area contributed by atoms with Gasteiger partial charge < -0.3 is 14.8 Å². The molecule has 0 saturated heterocycles. The van der Waals surface area contributed by atoms with Gasteiger partial charge >= 0.3 is 0 Å². The van der Waals surface area contributed by atoms with Crippen molar-refractivity contribution < 1.29 is 14.3 Å². The lowest BCUT2D eigenvalue weighted by Crippen LogP contribution is -2.30. The molecule has 0 radical (unpaired) electrons. The van der Waals surface area contributed by atoms with Crippen LogP contribution in [0.5, 0.6) is 11.5 Å². The zero-order chi connectivity index (χ0) is 17.5. The van der Waals surface area contributed by atoms with Crippen LogP contribution in [-0.4, -0.2) is 43.6 Å². The molecule has 0 aliphatic rings. The van der Waals surface area contributed by atoms with Gasteiger partial charge in [-0.3, -0.25) is 14.7 Å². The van der Waals surface area contributed by atoms with Crippen molar-refractivity contribution in [3.8, 4) is 11.5 Å². The van der Waals surface area contributed by atoms with Crippen molar-refractivity contribution in [2.75, 3.05) is 33.1 Å². The number of aromatic nitrogens is 1. The number of methoxy groups -OCH3 is 2. The van der Waals surface area contributed by atoms with E-state index in [0.29, 0.717) is 18.0 Å². The van der Waals surface area contributed by atoms with Crippen LogP contribution in [0.2, 0.25) is 0 Å². The van der Waals surface area contributed by atoms with Gasteiger partial charge in [0.2, 0.25) is 5.91 Å². The van der Waals surface area contributed by atoms with Gasteiger partial charge in [0.25, 0.3) is 0 Å². The van der Waals surface area contributed by atoms with E-state index in [1.165, 1.54) is 0 Å². The first kappa shape index (κ1) is 17.7. The number of rotatable bonds is 7. The number of anilines is 1. The molecule has 0 saturated carbocycles. The van der Waals surface area contributed by atoms with Crippen LogP contribution in [0.4, 0.5) is 5.69 Å². The molecular weight excluding hydrogens is 306 g/mol. The zero-order valence-electron chi connectivity index (χ0n) is 14.5. The van der Waals surface area contributed by atoms with Crippen LogP contribution < -0.4 is 14.8 Å². The zero-order valence-corrected chi connectivity index (χ0v) is 14.5. The molecule has 0 unspecified atom stereocenters. The van der Waals surface area contributed by atoms with Gasteiger partial charge in [0.1, 0.15) is 0 Å². The molecule has 1 N–H and O–H groups in total. The number of benzene rings is 1. The standard InChI is InChI=1S/C18H23N3O3/c1-13-9-16(23-3)17(24-4)10-14(13)11-21(2)12-18(22)20-15-5-7-19-8-6-15/h5-10H,11-12H2,1-4H3,(H,19,20,22). The molecule has 0 aliphatic heterocycles. The van der Waals surface area contributed by atoms with Gasteiger partial charge in [-0.15, -0.1) is 0 Å². The fourth-order valence-electron chi connectivity index (χ4n) is 2.42. The van der Waals surface area contributed by atoms with E-state index < -0.39 is 0 Å². The molecule has 0 aliphatic carbocycles. The summed E-state index contributed by atoms with van der Waals surface area (Å²) in [4.78, 5) is 18.0. The first-order valence-electron chi connectivity index (χ1n) is 7.63. The van der Waals surface area contributed by atoms with Crippen molar-refractivity contribution in [2.45, 2.75) is 13.5 Å². The Hall–Kier alpha value is -2.60. The molecule has 2 rings (SSSR count). The number of pyridine rings is 1. The van der Waals surface area contributed by atoms with E-state index >= 15 is 0 Å². The molecule has 6 heteroatoms. The number of nitrogens with one attached hydrogen (secondary N) is 1. The second-order valence-electron chi connectivity index (χ2n) is 5.59. The summed E-state index contributed by atoms with van der Waals surface area (Å²) in [7, 11) is 5.14. The lowest BCUT2D eigenvalue weighted by atomic mass is 10.1. The second kappa shape index (κ2) is 8.31. The highest BCUT2D eigenvalue weighted by molar-refractivity contribution is 5.92. The second-order valence-corrected chi connectivity index (χ2v) is 5.59. The van der Waals surface area contributed by atoms with Gasteiger partial charge in [-0.25, -0.2) is 0 Å². The minimum atomic E-state index is -0.0678. The predicted octanol–water partition coefficient (Wildman–Crippen LogP) is 2.48. The highest BCUT2D eigenvalue weighted by Crippen LogP contribution is 2.30. The lowest BCUT2D eigenvalue weighted by Gasteiger charge is -2.19. The van der Waals surface area contributed by atoms with Crippen molar-refractivity contribution in [3.05, 3.63) is 47.8 Å². The molecule has 6 nitrogen and oxygen atoms in total. The van der Waals surface area contributed by atoms with E-state index in [2.05, 4.69) is 10.3 Å². The Labute approximate surface area is 142 Å². The molecule has 1 heterocycles. The number of nitrogens with zero attached hydrogens (tertiary/aromatic N) is 2. The number of hydrogen-bond donors (Lipinski definition) is 1. The molecule has 2 aromatic rings. The predicted molar refractivity (Wildman–Crippen MR) is 93.5 cm³/mol.